The molecule has 0 spiro atoms. The van der Waals surface area contributed by atoms with Gasteiger partial charge in [0.15, 0.2) is 0 Å². The average molecular weight is 436 g/mol. The van der Waals surface area contributed by atoms with Gasteiger partial charge in [-0.15, -0.1) is 0 Å². The number of imidazole rings is 1. The van der Waals surface area contributed by atoms with Gasteiger partial charge in [-0.2, -0.15) is 0 Å². The number of amides is 1. The Morgan fingerprint density at radius 1 is 0.939 bits per heavy atom. The van der Waals surface area contributed by atoms with E-state index in [1.807, 2.05) is 25.1 Å². The van der Waals surface area contributed by atoms with Crippen LogP contribution in [0.3, 0.4) is 0 Å². The number of carbonyl (C=O) groups is 1. The van der Waals surface area contributed by atoms with Crippen molar-refractivity contribution in [3.05, 3.63) is 108 Å². The molecule has 0 aliphatic carbocycles. The van der Waals surface area contributed by atoms with Gasteiger partial charge in [-0.1, -0.05) is 54.6 Å². The Kier molecular flexibility index (Phi) is 5.53. The summed E-state index contributed by atoms with van der Waals surface area (Å²) in [5.41, 5.74) is 3.76. The van der Waals surface area contributed by atoms with Gasteiger partial charge in [-0.3, -0.25) is 4.79 Å². The molecule has 5 rings (SSSR count). The first-order valence-electron chi connectivity index (χ1n) is 11.0. The van der Waals surface area contributed by atoms with Gasteiger partial charge in [0.05, 0.1) is 30.7 Å². The van der Waals surface area contributed by atoms with Gasteiger partial charge in [-0.05, 0) is 59.7 Å². The van der Waals surface area contributed by atoms with Crippen molar-refractivity contribution in [2.24, 2.45) is 0 Å². The smallest absolute Gasteiger partial charge is 0.251 e. The number of ether oxygens (including phenoxy) is 1. The van der Waals surface area contributed by atoms with Crippen molar-refractivity contribution < 1.29 is 9.53 Å². The summed E-state index contributed by atoms with van der Waals surface area (Å²) in [5.74, 6) is 1.40. The zero-order valence-corrected chi connectivity index (χ0v) is 18.7. The Morgan fingerprint density at radius 2 is 1.67 bits per heavy atom. The summed E-state index contributed by atoms with van der Waals surface area (Å²) in [4.78, 5) is 17.8. The van der Waals surface area contributed by atoms with Crippen LogP contribution in [-0.4, -0.2) is 22.6 Å². The number of methoxy groups -OCH3 is 1. The molecule has 4 aromatic carbocycles. The molecule has 0 bridgehead atoms. The monoisotopic (exact) mass is 435 g/mol. The Labute approximate surface area is 192 Å². The van der Waals surface area contributed by atoms with Crippen LogP contribution in [-0.2, 0) is 6.54 Å². The van der Waals surface area contributed by atoms with Gasteiger partial charge < -0.3 is 14.6 Å². The average Bonchev–Trinajstić information content (AvgIpc) is 3.23. The summed E-state index contributed by atoms with van der Waals surface area (Å²) in [6.45, 7) is 2.64. The molecule has 1 heterocycles. The number of nitrogens with one attached hydrogen (secondary N) is 1. The molecule has 5 aromatic rings. The second kappa shape index (κ2) is 8.79. The molecule has 5 heteroatoms. The number of para-hydroxylation sites is 2. The lowest BCUT2D eigenvalue weighted by molar-refractivity contribution is 0.0937. The predicted octanol–water partition coefficient (Wildman–Crippen LogP) is 5.74. The van der Waals surface area contributed by atoms with Crippen molar-refractivity contribution in [1.29, 1.82) is 0 Å². The Bertz CT molecular complexity index is 1430. The minimum atomic E-state index is -0.276. The maximum Gasteiger partial charge on any atom is 0.251 e. The molecule has 5 nitrogen and oxygen atoms in total. The highest BCUT2D eigenvalue weighted by molar-refractivity contribution is 5.94. The number of aromatic nitrogens is 2. The molecule has 1 unspecified atom stereocenters. The highest BCUT2D eigenvalue weighted by Crippen LogP contribution is 2.26. The highest BCUT2D eigenvalue weighted by Gasteiger charge is 2.20. The molecular weight excluding hydrogens is 410 g/mol. The Morgan fingerprint density at radius 3 is 2.48 bits per heavy atom. The van der Waals surface area contributed by atoms with Gasteiger partial charge in [0, 0.05) is 5.56 Å². The SMILES string of the molecule is COc1ccc(C(=O)NC(C)c2nc3ccccc3n2Cc2cccc3ccccc23)cc1. The van der Waals surface area contributed by atoms with Gasteiger partial charge in [0.25, 0.3) is 5.91 Å². The zero-order valence-electron chi connectivity index (χ0n) is 18.7. The van der Waals surface area contributed by atoms with Crippen LogP contribution in [0.15, 0.2) is 91.0 Å². The second-order valence-electron chi connectivity index (χ2n) is 8.11. The molecule has 33 heavy (non-hydrogen) atoms. The van der Waals surface area contributed by atoms with E-state index >= 15 is 0 Å². The van der Waals surface area contributed by atoms with Crippen molar-refractivity contribution in [2.45, 2.75) is 19.5 Å². The number of hydrogen-bond acceptors (Lipinski definition) is 3. The molecule has 164 valence electrons. The summed E-state index contributed by atoms with van der Waals surface area (Å²) in [5, 5.41) is 5.54. The van der Waals surface area contributed by atoms with E-state index in [4.69, 9.17) is 9.72 Å². The van der Waals surface area contributed by atoms with E-state index < -0.39 is 0 Å². The van der Waals surface area contributed by atoms with E-state index in [0.717, 1.165) is 22.6 Å². The number of fused-ring (bicyclic) bond motifs is 2. The number of hydrogen-bond donors (Lipinski definition) is 1. The number of benzene rings is 4. The van der Waals surface area contributed by atoms with E-state index in [1.54, 1.807) is 31.4 Å². The molecule has 1 amide bonds. The summed E-state index contributed by atoms with van der Waals surface area (Å²) in [6, 6.07) is 29.7. The van der Waals surface area contributed by atoms with Crippen LogP contribution in [0, 0.1) is 0 Å². The fraction of sp³-hybridized carbons (Fsp3) is 0.143. The van der Waals surface area contributed by atoms with Gasteiger partial charge >= 0.3 is 0 Å². The fourth-order valence-electron chi connectivity index (χ4n) is 4.28. The van der Waals surface area contributed by atoms with E-state index in [0.29, 0.717) is 12.1 Å². The zero-order chi connectivity index (χ0) is 22.8. The Hall–Kier alpha value is -4.12. The number of rotatable bonds is 6. The minimum Gasteiger partial charge on any atom is -0.497 e. The minimum absolute atomic E-state index is 0.145. The van der Waals surface area contributed by atoms with Crippen LogP contribution in [0.1, 0.15) is 34.7 Å². The van der Waals surface area contributed by atoms with Gasteiger partial charge in [0.2, 0.25) is 0 Å². The maximum atomic E-state index is 12.9. The van der Waals surface area contributed by atoms with Crippen LogP contribution in [0.5, 0.6) is 5.75 Å². The molecule has 0 aliphatic rings. The van der Waals surface area contributed by atoms with E-state index in [2.05, 4.69) is 58.4 Å². The molecule has 0 saturated heterocycles. The van der Waals surface area contributed by atoms with Crippen LogP contribution in [0.4, 0.5) is 0 Å². The first kappa shape index (κ1) is 20.8. The standard InChI is InChI=1S/C28H25N3O2/c1-19(29-28(32)21-14-16-23(33-2)17-15-21)27-30-25-12-5-6-13-26(25)31(27)18-22-10-7-9-20-8-3-4-11-24(20)22/h3-17,19H,18H2,1-2H3,(H,29,32). The molecule has 1 aromatic heterocycles. The van der Waals surface area contributed by atoms with E-state index in [-0.39, 0.29) is 11.9 Å². The lowest BCUT2D eigenvalue weighted by atomic mass is 10.0. The summed E-state index contributed by atoms with van der Waals surface area (Å²) >= 11 is 0. The third kappa shape index (κ3) is 4.05. The van der Waals surface area contributed by atoms with E-state index in [1.165, 1.54) is 16.3 Å². The topological polar surface area (TPSA) is 56.1 Å². The first-order chi connectivity index (χ1) is 16.1. The third-order valence-electron chi connectivity index (χ3n) is 5.98. The van der Waals surface area contributed by atoms with Crippen molar-refractivity contribution in [3.8, 4) is 5.75 Å². The summed E-state index contributed by atoms with van der Waals surface area (Å²) in [7, 11) is 1.61. The highest BCUT2D eigenvalue weighted by atomic mass is 16.5. The molecule has 0 aliphatic heterocycles. The largest absolute Gasteiger partial charge is 0.497 e. The van der Waals surface area contributed by atoms with Gasteiger partial charge in [0.1, 0.15) is 11.6 Å². The molecule has 0 fully saturated rings. The van der Waals surface area contributed by atoms with Crippen molar-refractivity contribution >= 4 is 27.7 Å². The number of carbonyl (C=O) groups excluding carboxylic acids is 1. The lowest BCUT2D eigenvalue weighted by Crippen LogP contribution is -2.28. The normalized spacial score (nSPS) is 12.1. The second-order valence-corrected chi connectivity index (χ2v) is 8.11. The van der Waals surface area contributed by atoms with Crippen LogP contribution in [0.2, 0.25) is 0 Å². The maximum absolute atomic E-state index is 12.9. The first-order valence-corrected chi connectivity index (χ1v) is 11.0. The summed E-state index contributed by atoms with van der Waals surface area (Å²) in [6.07, 6.45) is 0. The molecule has 1 atom stereocenters. The van der Waals surface area contributed by atoms with E-state index in [9.17, 15) is 4.79 Å². The number of nitrogens with zero attached hydrogens (tertiary/aromatic N) is 2. The van der Waals surface area contributed by atoms with Crippen LogP contribution < -0.4 is 10.1 Å². The molecule has 0 radical (unpaired) electrons. The Balaban J connectivity index is 1.50. The molecular formula is C28H25N3O2. The molecule has 1 N–H and O–H groups in total. The predicted molar refractivity (Wildman–Crippen MR) is 132 cm³/mol. The van der Waals surface area contributed by atoms with Crippen LogP contribution >= 0.6 is 0 Å². The molecule has 0 saturated carbocycles. The lowest BCUT2D eigenvalue weighted by Gasteiger charge is -2.17. The third-order valence-corrected chi connectivity index (χ3v) is 5.98. The quantitative estimate of drug-likeness (QED) is 0.370. The fourth-order valence-corrected chi connectivity index (χ4v) is 4.28. The van der Waals surface area contributed by atoms with Crippen molar-refractivity contribution in [3.63, 3.8) is 0 Å². The van der Waals surface area contributed by atoms with Crippen molar-refractivity contribution in [1.82, 2.24) is 14.9 Å². The van der Waals surface area contributed by atoms with Gasteiger partial charge in [-0.25, -0.2) is 4.98 Å². The van der Waals surface area contributed by atoms with Crippen LogP contribution in [0.25, 0.3) is 21.8 Å². The summed E-state index contributed by atoms with van der Waals surface area (Å²) < 4.78 is 7.40. The van der Waals surface area contributed by atoms with Crippen molar-refractivity contribution in [2.75, 3.05) is 7.11 Å².